The van der Waals surface area contributed by atoms with E-state index in [4.69, 9.17) is 0 Å². The lowest BCUT2D eigenvalue weighted by atomic mass is 10.0. The van der Waals surface area contributed by atoms with Crippen LogP contribution >= 0.6 is 11.8 Å². The van der Waals surface area contributed by atoms with Gasteiger partial charge in [0.2, 0.25) is 0 Å². The van der Waals surface area contributed by atoms with E-state index in [9.17, 15) is 18.0 Å². The van der Waals surface area contributed by atoms with Crippen LogP contribution < -0.4 is 4.90 Å². The smallest absolute Gasteiger partial charge is 0.305 e. The van der Waals surface area contributed by atoms with Gasteiger partial charge >= 0.3 is 5.51 Å². The minimum Gasteiger partial charge on any atom is -0.305 e. The number of fused-ring (bicyclic) bond motifs is 1. The van der Waals surface area contributed by atoms with Crippen LogP contribution in [0.5, 0.6) is 0 Å². The van der Waals surface area contributed by atoms with Gasteiger partial charge in [0, 0.05) is 34.6 Å². The Morgan fingerprint density at radius 2 is 1.90 bits per heavy atom. The average molecular weight is 418 g/mol. The highest BCUT2D eigenvalue weighted by Crippen LogP contribution is 2.38. The summed E-state index contributed by atoms with van der Waals surface area (Å²) in [4.78, 5) is 19.1. The van der Waals surface area contributed by atoms with E-state index in [1.165, 1.54) is 12.1 Å². The summed E-state index contributed by atoms with van der Waals surface area (Å²) in [6.07, 6.45) is 3.35. The highest BCUT2D eigenvalue weighted by atomic mass is 32.2. The van der Waals surface area contributed by atoms with Crippen LogP contribution in [0.2, 0.25) is 0 Å². The van der Waals surface area contributed by atoms with Crippen molar-refractivity contribution in [3.05, 3.63) is 60.2 Å². The summed E-state index contributed by atoms with van der Waals surface area (Å²) in [5, 5.41) is 4.40. The molecule has 0 aliphatic carbocycles. The maximum absolute atomic E-state index is 13.3. The number of hydrogen-bond donors (Lipinski definition) is 0. The first-order valence-electron chi connectivity index (χ1n) is 8.91. The Kier molecular flexibility index (Phi) is 4.85. The van der Waals surface area contributed by atoms with E-state index in [1.807, 2.05) is 26.0 Å². The van der Waals surface area contributed by atoms with Crippen LogP contribution in [-0.4, -0.2) is 32.7 Å². The molecule has 3 heterocycles. The van der Waals surface area contributed by atoms with Gasteiger partial charge in [-0.25, -0.2) is 0 Å². The number of benzene rings is 1. The Balaban J connectivity index is 1.69. The second-order valence-electron chi connectivity index (χ2n) is 6.84. The number of halogens is 3. The Morgan fingerprint density at radius 1 is 1.17 bits per heavy atom. The minimum atomic E-state index is -4.35. The third-order valence-corrected chi connectivity index (χ3v) is 5.44. The topological polar surface area (TPSA) is 51.0 Å². The molecule has 29 heavy (non-hydrogen) atoms. The summed E-state index contributed by atoms with van der Waals surface area (Å²) in [6.45, 7) is 4.20. The monoisotopic (exact) mass is 418 g/mol. The van der Waals surface area contributed by atoms with Crippen molar-refractivity contribution >= 4 is 23.4 Å². The molecule has 5 nitrogen and oxygen atoms in total. The fourth-order valence-corrected chi connectivity index (χ4v) is 3.98. The van der Waals surface area contributed by atoms with Gasteiger partial charge in [-0.2, -0.15) is 18.3 Å². The van der Waals surface area contributed by atoms with Crippen molar-refractivity contribution in [2.45, 2.75) is 30.3 Å². The molecule has 0 saturated heterocycles. The molecule has 1 atom stereocenters. The van der Waals surface area contributed by atoms with Gasteiger partial charge < -0.3 is 4.90 Å². The SMILES string of the molecule is Cc1cc(-c2cnn3c2C(=O)N(c2ccc(SC(F)(F)F)cc2)C[C@@H]3C)ccn1. The number of anilines is 1. The quantitative estimate of drug-likeness (QED) is 0.556. The summed E-state index contributed by atoms with van der Waals surface area (Å²) < 4.78 is 39.4. The van der Waals surface area contributed by atoms with Crippen molar-refractivity contribution in [1.82, 2.24) is 14.8 Å². The van der Waals surface area contributed by atoms with E-state index in [0.29, 0.717) is 23.5 Å². The number of amides is 1. The van der Waals surface area contributed by atoms with E-state index in [2.05, 4.69) is 10.1 Å². The Labute approximate surface area is 169 Å². The van der Waals surface area contributed by atoms with Gasteiger partial charge in [0.1, 0.15) is 5.69 Å². The second kappa shape index (κ2) is 7.22. The maximum atomic E-state index is 13.3. The van der Waals surface area contributed by atoms with Crippen molar-refractivity contribution in [2.75, 3.05) is 11.4 Å². The second-order valence-corrected chi connectivity index (χ2v) is 7.98. The van der Waals surface area contributed by atoms with Crippen molar-refractivity contribution in [1.29, 1.82) is 0 Å². The van der Waals surface area contributed by atoms with Gasteiger partial charge in [-0.05, 0) is 67.6 Å². The van der Waals surface area contributed by atoms with Crippen molar-refractivity contribution in [3.63, 3.8) is 0 Å². The highest BCUT2D eigenvalue weighted by Gasteiger charge is 2.34. The summed E-state index contributed by atoms with van der Waals surface area (Å²) in [5.41, 5.74) is -0.949. The van der Waals surface area contributed by atoms with Crippen LogP contribution in [0.1, 0.15) is 29.1 Å². The van der Waals surface area contributed by atoms with Gasteiger partial charge in [0.25, 0.3) is 5.91 Å². The zero-order chi connectivity index (χ0) is 20.8. The van der Waals surface area contributed by atoms with Crippen LogP contribution in [0.15, 0.2) is 53.7 Å². The normalized spacial score (nSPS) is 16.8. The highest BCUT2D eigenvalue weighted by molar-refractivity contribution is 8.00. The van der Waals surface area contributed by atoms with Gasteiger partial charge in [-0.1, -0.05) is 0 Å². The maximum Gasteiger partial charge on any atom is 0.446 e. The number of rotatable bonds is 3. The molecule has 0 N–H and O–H groups in total. The number of thioether (sulfide) groups is 1. The molecule has 4 rings (SSSR count). The third kappa shape index (κ3) is 3.87. The van der Waals surface area contributed by atoms with Gasteiger partial charge in [-0.3, -0.25) is 14.5 Å². The number of nitrogens with zero attached hydrogens (tertiary/aromatic N) is 4. The van der Waals surface area contributed by atoms with Crippen molar-refractivity contribution in [3.8, 4) is 11.1 Å². The zero-order valence-electron chi connectivity index (χ0n) is 15.6. The number of aromatic nitrogens is 3. The lowest BCUT2D eigenvalue weighted by molar-refractivity contribution is -0.0328. The summed E-state index contributed by atoms with van der Waals surface area (Å²) in [6, 6.07) is 9.48. The number of hydrogen-bond acceptors (Lipinski definition) is 4. The Bertz CT molecular complexity index is 1060. The first-order chi connectivity index (χ1) is 13.7. The molecule has 2 aromatic heterocycles. The number of carbonyl (C=O) groups is 1. The summed E-state index contributed by atoms with van der Waals surface area (Å²) in [5.74, 6) is -0.235. The van der Waals surface area contributed by atoms with Gasteiger partial charge in [0.15, 0.2) is 0 Å². The first-order valence-corrected chi connectivity index (χ1v) is 9.73. The van der Waals surface area contributed by atoms with Gasteiger partial charge in [-0.15, -0.1) is 0 Å². The molecule has 1 aliphatic rings. The van der Waals surface area contributed by atoms with Crippen LogP contribution in [0.3, 0.4) is 0 Å². The van der Waals surface area contributed by atoms with E-state index in [-0.39, 0.29) is 28.6 Å². The number of alkyl halides is 3. The molecule has 1 aromatic carbocycles. The van der Waals surface area contributed by atoms with Crippen molar-refractivity contribution in [2.24, 2.45) is 0 Å². The molecule has 0 saturated carbocycles. The van der Waals surface area contributed by atoms with E-state index < -0.39 is 5.51 Å². The number of carbonyl (C=O) groups excluding carboxylic acids is 1. The predicted octanol–water partition coefficient (Wildman–Crippen LogP) is 5.09. The number of aryl methyl sites for hydroxylation is 1. The Hall–Kier alpha value is -2.81. The Morgan fingerprint density at radius 3 is 2.55 bits per heavy atom. The molecule has 1 amide bonds. The average Bonchev–Trinajstić information content (AvgIpc) is 3.10. The fraction of sp³-hybridized carbons (Fsp3) is 0.250. The molecule has 150 valence electrons. The lowest BCUT2D eigenvalue weighted by Gasteiger charge is -2.32. The standard InChI is InChI=1S/C20H17F3N4OS/c1-12-9-14(7-8-24-12)17-10-25-27-13(2)11-26(19(28)18(17)27)15-3-5-16(6-4-15)29-20(21,22)23/h3-10,13H,11H2,1-2H3/t13-/m0/s1. The third-order valence-electron chi connectivity index (χ3n) is 4.70. The van der Waals surface area contributed by atoms with Crippen LogP contribution in [0.4, 0.5) is 18.9 Å². The van der Waals surface area contributed by atoms with Crippen LogP contribution in [-0.2, 0) is 0 Å². The molecule has 3 aromatic rings. The van der Waals surface area contributed by atoms with E-state index in [1.54, 1.807) is 34.1 Å². The van der Waals surface area contributed by atoms with E-state index in [0.717, 1.165) is 11.3 Å². The van der Waals surface area contributed by atoms with Crippen LogP contribution in [0.25, 0.3) is 11.1 Å². The first kappa shape index (κ1) is 19.5. The molecule has 0 unspecified atom stereocenters. The molecule has 1 aliphatic heterocycles. The molecule has 0 fully saturated rings. The molecular formula is C20H17F3N4OS. The van der Waals surface area contributed by atoms with E-state index >= 15 is 0 Å². The van der Waals surface area contributed by atoms with Gasteiger partial charge in [0.05, 0.1) is 12.2 Å². The molecule has 9 heteroatoms. The molecule has 0 spiro atoms. The summed E-state index contributed by atoms with van der Waals surface area (Å²) >= 11 is -0.175. The number of pyridine rings is 1. The minimum absolute atomic E-state index is 0.0800. The summed E-state index contributed by atoms with van der Waals surface area (Å²) in [7, 11) is 0. The largest absolute Gasteiger partial charge is 0.446 e. The molecule has 0 radical (unpaired) electrons. The lowest BCUT2D eigenvalue weighted by Crippen LogP contribution is -2.42. The van der Waals surface area contributed by atoms with Crippen molar-refractivity contribution < 1.29 is 18.0 Å². The van der Waals surface area contributed by atoms with Crippen LogP contribution in [0, 0.1) is 6.92 Å². The zero-order valence-corrected chi connectivity index (χ0v) is 16.5. The molecule has 0 bridgehead atoms. The fourth-order valence-electron chi connectivity index (χ4n) is 3.44. The predicted molar refractivity (Wildman–Crippen MR) is 105 cm³/mol. The molecular weight excluding hydrogens is 401 g/mol.